The van der Waals surface area contributed by atoms with Crippen LogP contribution in [0.2, 0.25) is 0 Å². The van der Waals surface area contributed by atoms with Crippen LogP contribution in [0.5, 0.6) is 0 Å². The number of aryl methyl sites for hydroxylation is 1. The van der Waals surface area contributed by atoms with E-state index in [1.54, 1.807) is 6.21 Å². The number of nitrogens with zero attached hydrogens (tertiary/aromatic N) is 4. The fraction of sp³-hybridized carbons (Fsp3) is 0.0333. The summed E-state index contributed by atoms with van der Waals surface area (Å²) >= 11 is 0. The lowest BCUT2D eigenvalue weighted by Gasteiger charge is -2.06. The van der Waals surface area contributed by atoms with Gasteiger partial charge in [-0.2, -0.15) is 10.2 Å². The van der Waals surface area contributed by atoms with Gasteiger partial charge < -0.3 is 0 Å². The number of nitrogens with one attached hydrogen (secondary N) is 1. The predicted molar refractivity (Wildman–Crippen MR) is 144 cm³/mol. The van der Waals surface area contributed by atoms with E-state index >= 15 is 0 Å². The molecule has 1 N–H and O–H groups in total. The van der Waals surface area contributed by atoms with Crippen LogP contribution in [-0.4, -0.2) is 21.8 Å². The van der Waals surface area contributed by atoms with E-state index in [2.05, 4.69) is 41.7 Å². The SMILES string of the molecule is Cc1ccc(N=C(N/N=C\c2cn(-c3ccccc3)nc2-c2ccccc2)c2ccccc2)cc1. The van der Waals surface area contributed by atoms with E-state index < -0.39 is 0 Å². The maximum absolute atomic E-state index is 4.85. The second-order valence-corrected chi connectivity index (χ2v) is 8.11. The molecule has 5 aromatic rings. The molecule has 0 spiro atoms. The van der Waals surface area contributed by atoms with E-state index in [1.807, 2.05) is 102 Å². The van der Waals surface area contributed by atoms with Gasteiger partial charge in [-0.1, -0.05) is 96.6 Å². The average molecular weight is 456 g/mol. The maximum Gasteiger partial charge on any atom is 0.154 e. The molecule has 5 rings (SSSR count). The summed E-state index contributed by atoms with van der Waals surface area (Å²) in [6.45, 7) is 2.06. The number of rotatable bonds is 6. The second-order valence-electron chi connectivity index (χ2n) is 8.11. The summed E-state index contributed by atoms with van der Waals surface area (Å²) < 4.78 is 1.88. The third-order valence-electron chi connectivity index (χ3n) is 5.51. The van der Waals surface area contributed by atoms with E-state index in [-0.39, 0.29) is 0 Å². The fourth-order valence-corrected chi connectivity index (χ4v) is 3.68. The van der Waals surface area contributed by atoms with Crippen molar-refractivity contribution in [3.05, 3.63) is 138 Å². The van der Waals surface area contributed by atoms with Gasteiger partial charge in [-0.25, -0.2) is 9.67 Å². The van der Waals surface area contributed by atoms with Crippen LogP contribution in [0.4, 0.5) is 5.69 Å². The monoisotopic (exact) mass is 455 g/mol. The van der Waals surface area contributed by atoms with Gasteiger partial charge in [0.15, 0.2) is 5.84 Å². The summed E-state index contributed by atoms with van der Waals surface area (Å²) in [5.74, 6) is 0.669. The lowest BCUT2D eigenvalue weighted by Crippen LogP contribution is -2.18. The first kappa shape index (κ1) is 22.0. The minimum absolute atomic E-state index is 0.669. The van der Waals surface area contributed by atoms with Crippen LogP contribution in [0.15, 0.2) is 132 Å². The highest BCUT2D eigenvalue weighted by Crippen LogP contribution is 2.22. The van der Waals surface area contributed by atoms with Crippen molar-refractivity contribution < 1.29 is 0 Å². The van der Waals surface area contributed by atoms with E-state index in [0.29, 0.717) is 5.84 Å². The smallest absolute Gasteiger partial charge is 0.154 e. The van der Waals surface area contributed by atoms with Gasteiger partial charge in [-0.05, 0) is 31.2 Å². The van der Waals surface area contributed by atoms with Crippen LogP contribution in [0.25, 0.3) is 16.9 Å². The number of benzene rings is 4. The van der Waals surface area contributed by atoms with Crippen LogP contribution in [0, 0.1) is 6.92 Å². The van der Waals surface area contributed by atoms with Crippen LogP contribution in [0.3, 0.4) is 0 Å². The number of hydrogen-bond donors (Lipinski definition) is 1. The molecule has 0 saturated carbocycles. The number of aliphatic imine (C=N–C) groups is 1. The zero-order valence-electron chi connectivity index (χ0n) is 19.4. The molecule has 1 aromatic heterocycles. The van der Waals surface area contributed by atoms with Gasteiger partial charge in [0.1, 0.15) is 5.69 Å². The first-order valence-electron chi connectivity index (χ1n) is 11.5. The summed E-state index contributed by atoms with van der Waals surface area (Å²) in [6.07, 6.45) is 3.78. The number of aromatic nitrogens is 2. The Kier molecular flexibility index (Phi) is 6.58. The molecule has 0 aliphatic carbocycles. The largest absolute Gasteiger partial charge is 0.261 e. The fourth-order valence-electron chi connectivity index (χ4n) is 3.68. The quantitative estimate of drug-likeness (QED) is 0.179. The molecule has 0 atom stereocenters. The number of hydrogen-bond acceptors (Lipinski definition) is 3. The zero-order chi connectivity index (χ0) is 23.9. The van der Waals surface area contributed by atoms with Gasteiger partial charge in [0, 0.05) is 22.9 Å². The Morgan fingerprint density at radius 3 is 2.09 bits per heavy atom. The van der Waals surface area contributed by atoms with Gasteiger partial charge in [-0.15, -0.1) is 0 Å². The minimum atomic E-state index is 0.669. The van der Waals surface area contributed by atoms with E-state index in [1.165, 1.54) is 5.56 Å². The van der Waals surface area contributed by atoms with Crippen molar-refractivity contribution in [3.8, 4) is 16.9 Å². The molecule has 4 aromatic carbocycles. The molecule has 0 amide bonds. The highest BCUT2D eigenvalue weighted by molar-refractivity contribution is 6.01. The van der Waals surface area contributed by atoms with Crippen molar-refractivity contribution in [2.75, 3.05) is 0 Å². The molecular formula is C30H25N5. The highest BCUT2D eigenvalue weighted by atomic mass is 15.3. The second kappa shape index (κ2) is 10.4. The Balaban J connectivity index is 1.48. The van der Waals surface area contributed by atoms with Crippen molar-refractivity contribution in [1.29, 1.82) is 0 Å². The molecule has 0 unspecified atom stereocenters. The molecule has 170 valence electrons. The number of para-hydroxylation sites is 1. The molecule has 0 radical (unpaired) electrons. The summed E-state index contributed by atoms with van der Waals surface area (Å²) in [7, 11) is 0. The molecule has 0 aliphatic rings. The zero-order valence-corrected chi connectivity index (χ0v) is 19.4. The molecule has 1 heterocycles. The van der Waals surface area contributed by atoms with E-state index in [4.69, 9.17) is 10.1 Å². The van der Waals surface area contributed by atoms with Crippen molar-refractivity contribution in [1.82, 2.24) is 15.2 Å². The van der Waals surface area contributed by atoms with Gasteiger partial charge in [-0.3, -0.25) is 5.43 Å². The number of amidine groups is 1. The minimum Gasteiger partial charge on any atom is -0.261 e. The van der Waals surface area contributed by atoms with Crippen LogP contribution in [0.1, 0.15) is 16.7 Å². The molecular weight excluding hydrogens is 430 g/mol. The summed E-state index contributed by atoms with van der Waals surface area (Å²) in [5, 5.41) is 9.42. The Morgan fingerprint density at radius 2 is 1.40 bits per heavy atom. The Hall–Kier alpha value is -4.77. The van der Waals surface area contributed by atoms with Crippen molar-refractivity contribution in [3.63, 3.8) is 0 Å². The molecule has 5 nitrogen and oxygen atoms in total. The first-order chi connectivity index (χ1) is 17.3. The lowest BCUT2D eigenvalue weighted by atomic mass is 10.1. The molecule has 0 aliphatic heterocycles. The third-order valence-corrected chi connectivity index (χ3v) is 5.51. The summed E-state index contributed by atoms with van der Waals surface area (Å²) in [4.78, 5) is 4.81. The summed E-state index contributed by atoms with van der Waals surface area (Å²) in [5.41, 5.74) is 9.94. The van der Waals surface area contributed by atoms with Gasteiger partial charge >= 0.3 is 0 Å². The molecule has 0 bridgehead atoms. The molecule has 5 heteroatoms. The van der Waals surface area contributed by atoms with E-state index in [0.717, 1.165) is 33.8 Å². The highest BCUT2D eigenvalue weighted by Gasteiger charge is 2.11. The van der Waals surface area contributed by atoms with Crippen molar-refractivity contribution in [2.24, 2.45) is 10.1 Å². The van der Waals surface area contributed by atoms with Gasteiger partial charge in [0.2, 0.25) is 0 Å². The van der Waals surface area contributed by atoms with Gasteiger partial charge in [0.05, 0.1) is 17.6 Å². The van der Waals surface area contributed by atoms with E-state index in [9.17, 15) is 0 Å². The standard InChI is InChI=1S/C30H25N5/c1-23-17-19-27(20-18-23)32-30(25-13-7-3-8-14-25)33-31-21-26-22-35(28-15-9-4-10-16-28)34-29(26)24-11-5-2-6-12-24/h2-22H,1H3,(H,32,33)/b31-21-. The molecule has 35 heavy (non-hydrogen) atoms. The summed E-state index contributed by atoms with van der Waals surface area (Å²) in [6, 6.07) is 38.3. The maximum atomic E-state index is 4.85. The van der Waals surface area contributed by atoms with Gasteiger partial charge in [0.25, 0.3) is 0 Å². The molecule has 0 saturated heterocycles. The van der Waals surface area contributed by atoms with Crippen molar-refractivity contribution in [2.45, 2.75) is 6.92 Å². The normalized spacial score (nSPS) is 11.6. The molecule has 0 fully saturated rings. The average Bonchev–Trinajstić information content (AvgIpc) is 3.35. The lowest BCUT2D eigenvalue weighted by molar-refractivity contribution is 0.884. The number of hydrazone groups is 1. The Labute approximate surface area is 205 Å². The predicted octanol–water partition coefficient (Wildman–Crippen LogP) is 6.55. The Bertz CT molecular complexity index is 1440. The third kappa shape index (κ3) is 5.42. The van der Waals surface area contributed by atoms with Crippen LogP contribution >= 0.6 is 0 Å². The van der Waals surface area contributed by atoms with Crippen LogP contribution < -0.4 is 5.43 Å². The van der Waals surface area contributed by atoms with Crippen molar-refractivity contribution >= 4 is 17.7 Å². The van der Waals surface area contributed by atoms with Crippen LogP contribution in [-0.2, 0) is 0 Å². The topological polar surface area (TPSA) is 54.6 Å². The first-order valence-corrected chi connectivity index (χ1v) is 11.5. The Morgan fingerprint density at radius 1 is 0.771 bits per heavy atom.